The Hall–Kier alpha value is -1.07. The molecule has 16 heavy (non-hydrogen) atoms. The quantitative estimate of drug-likeness (QED) is 0.830. The molecule has 1 aromatic rings. The van der Waals surface area contributed by atoms with Gasteiger partial charge in [-0.15, -0.1) is 0 Å². The van der Waals surface area contributed by atoms with Crippen molar-refractivity contribution in [1.82, 2.24) is 5.32 Å². The first-order chi connectivity index (χ1) is 7.72. The molecule has 0 radical (unpaired) electrons. The summed E-state index contributed by atoms with van der Waals surface area (Å²) >= 11 is 3.32. The van der Waals surface area contributed by atoms with Crippen LogP contribution in [-0.2, 0) is 4.79 Å². The Bertz CT molecular complexity index is 327. The van der Waals surface area contributed by atoms with Gasteiger partial charge in [0, 0.05) is 11.0 Å². The summed E-state index contributed by atoms with van der Waals surface area (Å²) in [5.41, 5.74) is 0. The lowest BCUT2D eigenvalue weighted by atomic mass is 10.3. The van der Waals surface area contributed by atoms with Crippen molar-refractivity contribution >= 4 is 21.8 Å². The summed E-state index contributed by atoms with van der Waals surface area (Å²) in [6, 6.07) is 7.41. The van der Waals surface area contributed by atoms with Gasteiger partial charge in [0.2, 0.25) is 5.91 Å². The minimum atomic E-state index is -0.119. The van der Waals surface area contributed by atoms with E-state index in [9.17, 15) is 4.79 Å². The van der Waals surface area contributed by atoms with Gasteiger partial charge >= 0.3 is 0 Å². The highest BCUT2D eigenvalue weighted by Crippen LogP contribution is 2.15. The van der Waals surface area contributed by atoms with Crippen molar-refractivity contribution in [3.05, 3.63) is 28.7 Å². The second-order valence-corrected chi connectivity index (χ2v) is 4.04. The molecule has 0 spiro atoms. The van der Waals surface area contributed by atoms with E-state index in [0.717, 1.165) is 10.2 Å². The number of amides is 1. The standard InChI is InChI=1S/C11H14BrNO3/c12-9-1-3-10(4-2-9)16-8-5-11(15)13-6-7-14/h1-4,14H,5-8H2,(H,13,15). The van der Waals surface area contributed by atoms with E-state index < -0.39 is 0 Å². The summed E-state index contributed by atoms with van der Waals surface area (Å²) in [7, 11) is 0. The Morgan fingerprint density at radius 2 is 2.06 bits per heavy atom. The number of hydrogen-bond donors (Lipinski definition) is 2. The number of rotatable bonds is 6. The maximum absolute atomic E-state index is 11.1. The number of hydrogen-bond acceptors (Lipinski definition) is 3. The molecular weight excluding hydrogens is 274 g/mol. The molecule has 0 bridgehead atoms. The van der Waals surface area contributed by atoms with Crippen LogP contribution in [0.2, 0.25) is 0 Å². The topological polar surface area (TPSA) is 58.6 Å². The van der Waals surface area contributed by atoms with Crippen LogP contribution in [0.3, 0.4) is 0 Å². The van der Waals surface area contributed by atoms with Gasteiger partial charge in [-0.1, -0.05) is 15.9 Å². The molecule has 0 saturated heterocycles. The first-order valence-corrected chi connectivity index (χ1v) is 5.77. The van der Waals surface area contributed by atoms with Crippen molar-refractivity contribution in [3.63, 3.8) is 0 Å². The van der Waals surface area contributed by atoms with Crippen LogP contribution < -0.4 is 10.1 Å². The van der Waals surface area contributed by atoms with Crippen LogP contribution in [0.25, 0.3) is 0 Å². The summed E-state index contributed by atoms with van der Waals surface area (Å²) in [6.07, 6.45) is 0.288. The monoisotopic (exact) mass is 287 g/mol. The van der Waals surface area contributed by atoms with E-state index in [-0.39, 0.29) is 25.5 Å². The Morgan fingerprint density at radius 1 is 1.38 bits per heavy atom. The zero-order valence-corrected chi connectivity index (χ0v) is 10.4. The van der Waals surface area contributed by atoms with Gasteiger partial charge in [-0.3, -0.25) is 4.79 Å². The van der Waals surface area contributed by atoms with Crippen molar-refractivity contribution in [1.29, 1.82) is 0 Å². The summed E-state index contributed by atoms with van der Waals surface area (Å²) < 4.78 is 6.35. The van der Waals surface area contributed by atoms with Crippen LogP contribution in [-0.4, -0.2) is 30.8 Å². The fourth-order valence-corrected chi connectivity index (χ4v) is 1.34. The Kier molecular flexibility index (Phi) is 5.88. The van der Waals surface area contributed by atoms with Gasteiger partial charge in [0.15, 0.2) is 0 Å². The van der Waals surface area contributed by atoms with Gasteiger partial charge in [-0.2, -0.15) is 0 Å². The molecule has 0 saturated carbocycles. The summed E-state index contributed by atoms with van der Waals surface area (Å²) in [6.45, 7) is 0.579. The van der Waals surface area contributed by atoms with Crippen LogP contribution in [0, 0.1) is 0 Å². The highest BCUT2D eigenvalue weighted by atomic mass is 79.9. The molecular formula is C11H14BrNO3. The molecule has 5 heteroatoms. The van der Waals surface area contributed by atoms with E-state index >= 15 is 0 Å². The number of aliphatic hydroxyl groups is 1. The van der Waals surface area contributed by atoms with Gasteiger partial charge in [0.05, 0.1) is 19.6 Å². The zero-order valence-electron chi connectivity index (χ0n) is 8.78. The zero-order chi connectivity index (χ0) is 11.8. The number of halogens is 1. The van der Waals surface area contributed by atoms with Crippen molar-refractivity contribution in [2.75, 3.05) is 19.8 Å². The number of aliphatic hydroxyl groups excluding tert-OH is 1. The normalized spacial score (nSPS) is 9.88. The first-order valence-electron chi connectivity index (χ1n) is 4.98. The maximum atomic E-state index is 11.1. The number of benzene rings is 1. The highest BCUT2D eigenvalue weighted by molar-refractivity contribution is 9.10. The molecule has 88 valence electrons. The SMILES string of the molecule is O=C(CCOc1ccc(Br)cc1)NCCO. The third-order valence-corrected chi connectivity index (χ3v) is 2.37. The minimum Gasteiger partial charge on any atom is -0.493 e. The van der Waals surface area contributed by atoms with E-state index in [4.69, 9.17) is 9.84 Å². The molecule has 0 aromatic heterocycles. The molecule has 2 N–H and O–H groups in total. The molecule has 1 amide bonds. The van der Waals surface area contributed by atoms with Crippen LogP contribution in [0.4, 0.5) is 0 Å². The average molecular weight is 288 g/mol. The Morgan fingerprint density at radius 3 is 2.69 bits per heavy atom. The predicted molar refractivity (Wildman–Crippen MR) is 64.3 cm³/mol. The van der Waals surface area contributed by atoms with E-state index in [0.29, 0.717) is 6.61 Å². The molecule has 4 nitrogen and oxygen atoms in total. The Labute approximate surface area is 103 Å². The largest absolute Gasteiger partial charge is 0.493 e. The molecule has 0 aliphatic rings. The van der Waals surface area contributed by atoms with E-state index in [2.05, 4.69) is 21.2 Å². The van der Waals surface area contributed by atoms with Crippen molar-refractivity contribution in [3.8, 4) is 5.75 Å². The molecule has 0 aliphatic heterocycles. The van der Waals surface area contributed by atoms with E-state index in [1.807, 2.05) is 24.3 Å². The maximum Gasteiger partial charge on any atom is 0.223 e. The van der Waals surface area contributed by atoms with Gasteiger partial charge in [0.1, 0.15) is 5.75 Å². The second-order valence-electron chi connectivity index (χ2n) is 3.13. The molecule has 0 unspecified atom stereocenters. The van der Waals surface area contributed by atoms with Gasteiger partial charge in [-0.25, -0.2) is 0 Å². The highest BCUT2D eigenvalue weighted by Gasteiger charge is 2.00. The first kappa shape index (κ1) is 13.0. The van der Waals surface area contributed by atoms with Gasteiger partial charge in [0.25, 0.3) is 0 Å². The second kappa shape index (κ2) is 7.24. The Balaban J connectivity index is 2.20. The number of ether oxygens (including phenoxy) is 1. The van der Waals surface area contributed by atoms with Crippen molar-refractivity contribution in [2.45, 2.75) is 6.42 Å². The number of nitrogens with one attached hydrogen (secondary N) is 1. The smallest absolute Gasteiger partial charge is 0.223 e. The number of carbonyl (C=O) groups is 1. The van der Waals surface area contributed by atoms with E-state index in [1.165, 1.54) is 0 Å². The fourth-order valence-electron chi connectivity index (χ4n) is 1.08. The average Bonchev–Trinajstić information content (AvgIpc) is 2.29. The van der Waals surface area contributed by atoms with Crippen molar-refractivity contribution < 1.29 is 14.6 Å². The summed E-state index contributed by atoms with van der Waals surface area (Å²) in [5, 5.41) is 11.0. The van der Waals surface area contributed by atoms with E-state index in [1.54, 1.807) is 0 Å². The van der Waals surface area contributed by atoms with Crippen LogP contribution >= 0.6 is 15.9 Å². The third kappa shape index (κ3) is 5.14. The lowest BCUT2D eigenvalue weighted by molar-refractivity contribution is -0.121. The molecule has 0 fully saturated rings. The van der Waals surface area contributed by atoms with Gasteiger partial charge < -0.3 is 15.2 Å². The molecule has 0 aliphatic carbocycles. The summed E-state index contributed by atoms with van der Waals surface area (Å²) in [5.74, 6) is 0.615. The summed E-state index contributed by atoms with van der Waals surface area (Å²) in [4.78, 5) is 11.1. The molecule has 0 atom stereocenters. The lowest BCUT2D eigenvalue weighted by Gasteiger charge is -2.06. The van der Waals surface area contributed by atoms with Gasteiger partial charge in [-0.05, 0) is 24.3 Å². The van der Waals surface area contributed by atoms with Crippen LogP contribution in [0.5, 0.6) is 5.75 Å². The third-order valence-electron chi connectivity index (χ3n) is 1.85. The number of carbonyl (C=O) groups excluding carboxylic acids is 1. The molecule has 0 heterocycles. The van der Waals surface area contributed by atoms with Crippen LogP contribution in [0.1, 0.15) is 6.42 Å². The van der Waals surface area contributed by atoms with Crippen molar-refractivity contribution in [2.24, 2.45) is 0 Å². The van der Waals surface area contributed by atoms with Crippen LogP contribution in [0.15, 0.2) is 28.7 Å². The molecule has 1 rings (SSSR count). The predicted octanol–water partition coefficient (Wildman–Crippen LogP) is 1.33. The lowest BCUT2D eigenvalue weighted by Crippen LogP contribution is -2.27. The fraction of sp³-hybridized carbons (Fsp3) is 0.364. The minimum absolute atomic E-state index is 0.0424. The molecule has 1 aromatic carbocycles.